The third-order valence-electron chi connectivity index (χ3n) is 8.70. The van der Waals surface area contributed by atoms with Crippen molar-refractivity contribution in [3.05, 3.63) is 92.5 Å². The number of benzene rings is 3. The summed E-state index contributed by atoms with van der Waals surface area (Å²) >= 11 is 0. The maximum absolute atomic E-state index is 12.8. The van der Waals surface area contributed by atoms with Crippen LogP contribution in [0, 0.1) is 0 Å². The maximum atomic E-state index is 12.8. The molecule has 3 aromatic carbocycles. The third kappa shape index (κ3) is 5.43. The number of rotatable bonds is 5. The van der Waals surface area contributed by atoms with E-state index in [1.807, 2.05) is 64.1 Å². The van der Waals surface area contributed by atoms with Crippen LogP contribution in [-0.4, -0.2) is 40.9 Å². The van der Waals surface area contributed by atoms with Gasteiger partial charge in [-0.15, -0.1) is 0 Å². The number of hydrogen-bond acceptors (Lipinski definition) is 6. The van der Waals surface area contributed by atoms with Gasteiger partial charge in [0.15, 0.2) is 0 Å². The van der Waals surface area contributed by atoms with Gasteiger partial charge in [0.2, 0.25) is 0 Å². The van der Waals surface area contributed by atoms with E-state index >= 15 is 0 Å². The summed E-state index contributed by atoms with van der Waals surface area (Å²) in [5.41, 5.74) is 5.90. The second kappa shape index (κ2) is 10.0. The fraction of sp³-hybridized carbons (Fsp3) is 0.371. The van der Waals surface area contributed by atoms with Crippen LogP contribution in [0.2, 0.25) is 0 Å². The van der Waals surface area contributed by atoms with Gasteiger partial charge in [-0.05, 0) is 87.4 Å². The number of aromatic carboxylic acids is 1. The molecule has 8 nitrogen and oxygen atoms in total. The van der Waals surface area contributed by atoms with Crippen LogP contribution in [0.3, 0.4) is 0 Å². The van der Waals surface area contributed by atoms with Gasteiger partial charge in [-0.2, -0.15) is 8.42 Å². The Morgan fingerprint density at radius 3 is 2.43 bits per heavy atom. The first kappa shape index (κ1) is 30.1. The van der Waals surface area contributed by atoms with E-state index in [4.69, 9.17) is 9.73 Å². The van der Waals surface area contributed by atoms with Crippen LogP contribution in [0.5, 0.6) is 11.5 Å². The maximum Gasteiger partial charge on any atom is 0.336 e. The van der Waals surface area contributed by atoms with Crippen molar-refractivity contribution in [2.75, 3.05) is 11.1 Å². The summed E-state index contributed by atoms with van der Waals surface area (Å²) in [4.78, 5) is 17.7. The largest absolute Gasteiger partial charge is 0.478 e. The quantitative estimate of drug-likeness (QED) is 0.227. The standard InChI is InChI=1S/C35H38N2O6S/c1-18(2)20-8-9-22(25(10-20)33(38)39)32-26-11-23-19(3)15-34(4,5)36-28(23)13-30(26)43-31-14-29-24(12-27(31)32)21(17-44(40,41)42)16-35(6,7)37-29/h8-15,18,21,36H,16-17H2,1-7H3,(H,38,39)(H,40,41,42). The monoisotopic (exact) mass is 614 g/mol. The van der Waals surface area contributed by atoms with Crippen molar-refractivity contribution in [3.63, 3.8) is 0 Å². The molecule has 0 aromatic heterocycles. The van der Waals surface area contributed by atoms with E-state index in [0.717, 1.165) is 28.0 Å². The highest BCUT2D eigenvalue weighted by Gasteiger charge is 2.34. The molecule has 3 N–H and O–H groups in total. The molecular formula is C35H38N2O6S. The summed E-state index contributed by atoms with van der Waals surface area (Å²) in [7, 11) is -4.28. The lowest BCUT2D eigenvalue weighted by Gasteiger charge is -2.34. The number of ether oxygens (including phenoxy) is 1. The number of carboxylic acids is 1. The first-order valence-electron chi connectivity index (χ1n) is 14.9. The summed E-state index contributed by atoms with van der Waals surface area (Å²) in [5, 5.41) is 15.3. The van der Waals surface area contributed by atoms with Gasteiger partial charge >= 0.3 is 5.97 Å². The minimum absolute atomic E-state index is 0.133. The molecule has 0 amide bonds. The van der Waals surface area contributed by atoms with E-state index in [1.54, 1.807) is 6.07 Å². The molecule has 0 radical (unpaired) electrons. The molecule has 0 aliphatic carbocycles. The molecule has 6 rings (SSSR count). The zero-order valence-electron chi connectivity index (χ0n) is 26.1. The first-order valence-corrected chi connectivity index (χ1v) is 16.5. The van der Waals surface area contributed by atoms with E-state index in [1.165, 1.54) is 0 Å². The average molecular weight is 615 g/mol. The van der Waals surface area contributed by atoms with E-state index in [2.05, 4.69) is 32.2 Å². The molecule has 230 valence electrons. The number of nitrogens with one attached hydrogen (secondary N) is 1. The van der Waals surface area contributed by atoms with Gasteiger partial charge in [-0.25, -0.2) is 4.79 Å². The summed E-state index contributed by atoms with van der Waals surface area (Å²) < 4.78 is 40.6. The minimum Gasteiger partial charge on any atom is -0.478 e. The Balaban J connectivity index is 1.73. The van der Waals surface area contributed by atoms with Crippen molar-refractivity contribution in [1.29, 1.82) is 0 Å². The lowest BCUT2D eigenvalue weighted by atomic mass is 9.81. The summed E-state index contributed by atoms with van der Waals surface area (Å²) in [6.07, 6.45) is 2.59. The second-order valence-electron chi connectivity index (χ2n) is 13.8. The first-order chi connectivity index (χ1) is 20.4. The highest BCUT2D eigenvalue weighted by atomic mass is 32.2. The highest BCUT2D eigenvalue weighted by molar-refractivity contribution is 7.85. The van der Waals surface area contributed by atoms with E-state index in [0.29, 0.717) is 45.2 Å². The van der Waals surface area contributed by atoms with Crippen molar-refractivity contribution in [2.24, 2.45) is 4.99 Å². The van der Waals surface area contributed by atoms with Gasteiger partial charge in [0.25, 0.3) is 10.1 Å². The van der Waals surface area contributed by atoms with Gasteiger partial charge in [0.1, 0.15) is 11.5 Å². The molecule has 0 saturated carbocycles. The van der Waals surface area contributed by atoms with Gasteiger partial charge in [0.05, 0.1) is 27.8 Å². The van der Waals surface area contributed by atoms with Crippen molar-refractivity contribution in [2.45, 2.75) is 77.8 Å². The molecule has 3 aromatic rings. The van der Waals surface area contributed by atoms with Crippen LogP contribution in [0.25, 0.3) is 11.1 Å². The molecule has 0 spiro atoms. The lowest BCUT2D eigenvalue weighted by molar-refractivity contribution is 0.0696. The molecule has 44 heavy (non-hydrogen) atoms. The van der Waals surface area contributed by atoms with Crippen LogP contribution in [-0.2, 0) is 10.1 Å². The minimum atomic E-state index is -4.28. The Labute approximate surface area is 257 Å². The molecule has 1 atom stereocenters. The van der Waals surface area contributed by atoms with Crippen LogP contribution in [0.4, 0.5) is 5.69 Å². The predicted molar refractivity (Wildman–Crippen MR) is 172 cm³/mol. The Bertz CT molecular complexity index is 2020. The Kier molecular flexibility index (Phi) is 6.86. The highest BCUT2D eigenvalue weighted by Crippen LogP contribution is 2.45. The number of carbonyl (C=O) groups is 1. The van der Waals surface area contributed by atoms with Gasteiger partial charge < -0.3 is 15.2 Å². The van der Waals surface area contributed by atoms with Crippen molar-refractivity contribution in [3.8, 4) is 11.5 Å². The zero-order valence-corrected chi connectivity index (χ0v) is 26.9. The predicted octanol–water partition coefficient (Wildman–Crippen LogP) is 6.24. The van der Waals surface area contributed by atoms with Gasteiger partial charge in [-0.1, -0.05) is 32.1 Å². The molecule has 0 saturated heterocycles. The molecule has 0 fully saturated rings. The van der Waals surface area contributed by atoms with Crippen molar-refractivity contribution in [1.82, 2.24) is 0 Å². The molecule has 1 unspecified atom stereocenters. The third-order valence-corrected chi connectivity index (χ3v) is 9.52. The summed E-state index contributed by atoms with van der Waals surface area (Å²) in [5.74, 6) is -0.770. The molecule has 3 aliphatic heterocycles. The number of allylic oxidation sites excluding steroid dienone is 1. The number of anilines is 1. The van der Waals surface area contributed by atoms with E-state index in [9.17, 15) is 22.9 Å². The normalized spacial score (nSPS) is 19.3. The van der Waals surface area contributed by atoms with Gasteiger partial charge in [0, 0.05) is 45.7 Å². The smallest absolute Gasteiger partial charge is 0.336 e. The lowest BCUT2D eigenvalue weighted by Crippen LogP contribution is -2.37. The van der Waals surface area contributed by atoms with Crippen molar-refractivity contribution < 1.29 is 27.6 Å². The SMILES string of the molecule is CC1=CC(C)(C)Nc2cc3c(cc21)C(c1ccc(C(C)C)cc1C(=O)O)=c1cc2c(cc1O3)=NC(C)(C)CC2CS(=O)(=O)O. The summed E-state index contributed by atoms with van der Waals surface area (Å²) in [6, 6.07) is 13.3. The Morgan fingerprint density at radius 2 is 1.77 bits per heavy atom. The van der Waals surface area contributed by atoms with E-state index in [-0.39, 0.29) is 17.0 Å². The number of hydrogen-bond donors (Lipinski definition) is 3. The molecular weight excluding hydrogens is 576 g/mol. The average Bonchev–Trinajstić information content (AvgIpc) is 2.87. The van der Waals surface area contributed by atoms with Crippen LogP contribution in [0.15, 0.2) is 53.5 Å². The topological polar surface area (TPSA) is 125 Å². The van der Waals surface area contributed by atoms with Crippen molar-refractivity contribution >= 4 is 32.9 Å². The van der Waals surface area contributed by atoms with Crippen LogP contribution >= 0.6 is 0 Å². The molecule has 3 aliphatic rings. The number of fused-ring (bicyclic) bond motifs is 4. The Morgan fingerprint density at radius 1 is 1.05 bits per heavy atom. The van der Waals surface area contributed by atoms with Crippen LogP contribution < -0.4 is 20.6 Å². The fourth-order valence-corrected chi connectivity index (χ4v) is 7.74. The molecule has 0 bridgehead atoms. The zero-order chi connectivity index (χ0) is 31.9. The molecule has 3 heterocycles. The fourth-order valence-electron chi connectivity index (χ4n) is 6.94. The number of nitrogens with zero attached hydrogens (tertiary/aromatic N) is 1. The number of carboxylic acid groups (broad SMARTS) is 1. The Hall–Kier alpha value is -3.95. The van der Waals surface area contributed by atoms with Gasteiger partial charge in [-0.3, -0.25) is 9.55 Å². The van der Waals surface area contributed by atoms with E-state index < -0.39 is 33.3 Å². The molecule has 9 heteroatoms. The summed E-state index contributed by atoms with van der Waals surface area (Å²) in [6.45, 7) is 14.2. The second-order valence-corrected chi connectivity index (χ2v) is 15.3. The van der Waals surface area contributed by atoms with Crippen LogP contribution in [0.1, 0.15) is 105 Å².